The van der Waals surface area contributed by atoms with Gasteiger partial charge in [0.25, 0.3) is 0 Å². The van der Waals surface area contributed by atoms with E-state index in [1.165, 1.54) is 46.8 Å². The maximum atomic E-state index is 14.7. The molecule has 3 heterocycles. The van der Waals surface area contributed by atoms with Crippen LogP contribution in [0.25, 0.3) is 17.6 Å². The maximum absolute atomic E-state index is 14.7. The summed E-state index contributed by atoms with van der Waals surface area (Å²) >= 11 is 0. The lowest BCUT2D eigenvalue weighted by Crippen LogP contribution is -2.61. The molecule has 0 bridgehead atoms. The monoisotopic (exact) mass is 446 g/mol. The summed E-state index contributed by atoms with van der Waals surface area (Å²) in [7, 11) is 0. The van der Waals surface area contributed by atoms with E-state index in [1.54, 1.807) is 13.0 Å². The highest BCUT2D eigenvalue weighted by Gasteiger charge is 2.45. The Bertz CT molecular complexity index is 1150. The topological polar surface area (TPSA) is 76.8 Å². The van der Waals surface area contributed by atoms with Crippen LogP contribution in [0.1, 0.15) is 16.8 Å². The van der Waals surface area contributed by atoms with Gasteiger partial charge in [0.2, 0.25) is 5.91 Å². The molecular weight excluding hydrogens is 428 g/mol. The standard InChI is InChI=1S/C21H18F4N6O/c1-14-6-15(8-16(7-14)21(23,24)25)19-28-13-31(29-19)5-2-18(32)30-11-20(22,12-30)9-17-10-26-3-4-27-17/h2-8,10,13H,9,11-12H2,1H3/b5-2-. The number of aromatic nitrogens is 5. The molecular formula is C21H18F4N6O. The molecule has 2 aromatic heterocycles. The fourth-order valence-corrected chi connectivity index (χ4v) is 3.45. The molecule has 32 heavy (non-hydrogen) atoms. The highest BCUT2D eigenvalue weighted by atomic mass is 19.4. The molecule has 3 aromatic rings. The molecule has 4 rings (SSSR count). The van der Waals surface area contributed by atoms with E-state index >= 15 is 0 Å². The van der Waals surface area contributed by atoms with Crippen molar-refractivity contribution in [2.24, 2.45) is 0 Å². The van der Waals surface area contributed by atoms with Gasteiger partial charge in [0, 0.05) is 42.9 Å². The minimum Gasteiger partial charge on any atom is -0.333 e. The van der Waals surface area contributed by atoms with Gasteiger partial charge in [-0.15, -0.1) is 5.10 Å². The zero-order valence-corrected chi connectivity index (χ0v) is 16.9. The van der Waals surface area contributed by atoms with Crippen LogP contribution in [0.2, 0.25) is 0 Å². The number of aryl methyl sites for hydroxylation is 1. The zero-order valence-electron chi connectivity index (χ0n) is 16.9. The molecule has 0 radical (unpaired) electrons. The van der Waals surface area contributed by atoms with E-state index in [-0.39, 0.29) is 30.9 Å². The Morgan fingerprint density at radius 2 is 1.97 bits per heavy atom. The average Bonchev–Trinajstić information content (AvgIpc) is 3.19. The van der Waals surface area contributed by atoms with Crippen LogP contribution >= 0.6 is 0 Å². The first-order valence-electron chi connectivity index (χ1n) is 9.63. The van der Waals surface area contributed by atoms with E-state index in [0.717, 1.165) is 12.1 Å². The van der Waals surface area contributed by atoms with Crippen LogP contribution in [0.15, 0.2) is 49.2 Å². The molecule has 0 aliphatic carbocycles. The molecule has 0 saturated carbocycles. The van der Waals surface area contributed by atoms with Crippen LogP contribution in [-0.2, 0) is 17.4 Å². The molecule has 1 aromatic carbocycles. The highest BCUT2D eigenvalue weighted by Crippen LogP contribution is 2.32. The van der Waals surface area contributed by atoms with Gasteiger partial charge in [0.1, 0.15) is 6.33 Å². The van der Waals surface area contributed by atoms with Crippen molar-refractivity contribution in [3.8, 4) is 11.4 Å². The van der Waals surface area contributed by atoms with Gasteiger partial charge < -0.3 is 4.90 Å². The van der Waals surface area contributed by atoms with E-state index in [0.29, 0.717) is 11.3 Å². The second-order valence-electron chi connectivity index (χ2n) is 7.67. The smallest absolute Gasteiger partial charge is 0.333 e. The van der Waals surface area contributed by atoms with E-state index in [1.807, 2.05) is 0 Å². The number of alkyl halides is 4. The van der Waals surface area contributed by atoms with Crippen molar-refractivity contribution in [2.45, 2.75) is 25.2 Å². The van der Waals surface area contributed by atoms with Crippen LogP contribution < -0.4 is 0 Å². The van der Waals surface area contributed by atoms with Gasteiger partial charge in [0.05, 0.1) is 24.3 Å². The summed E-state index contributed by atoms with van der Waals surface area (Å²) in [4.78, 5) is 25.6. The first kappa shape index (κ1) is 21.6. The number of hydrogen-bond acceptors (Lipinski definition) is 5. The summed E-state index contributed by atoms with van der Waals surface area (Å²) in [6.07, 6.45) is 3.86. The summed E-state index contributed by atoms with van der Waals surface area (Å²) in [5.41, 5.74) is -1.20. The number of carbonyl (C=O) groups is 1. The van der Waals surface area contributed by atoms with Crippen molar-refractivity contribution in [1.82, 2.24) is 29.6 Å². The fraction of sp³-hybridized carbons (Fsp3) is 0.286. The summed E-state index contributed by atoms with van der Waals surface area (Å²) < 4.78 is 55.0. The second kappa shape index (κ2) is 8.13. The van der Waals surface area contributed by atoms with E-state index < -0.39 is 23.3 Å². The summed E-state index contributed by atoms with van der Waals surface area (Å²) in [6.45, 7) is 1.41. The number of hydrogen-bond donors (Lipinski definition) is 0. The number of halogens is 4. The predicted octanol–water partition coefficient (Wildman–Crippen LogP) is 3.33. The summed E-state index contributed by atoms with van der Waals surface area (Å²) in [5, 5.41) is 4.10. The van der Waals surface area contributed by atoms with Gasteiger partial charge in [-0.1, -0.05) is 0 Å². The molecule has 1 amide bonds. The number of nitrogens with zero attached hydrogens (tertiary/aromatic N) is 6. The number of benzene rings is 1. The Labute approximate surface area is 180 Å². The maximum Gasteiger partial charge on any atom is 0.416 e. The SMILES string of the molecule is Cc1cc(-c2ncn(/C=C\C(=O)N3CC(F)(Cc4cnccn4)C3)n2)cc(C(F)(F)F)c1. The first-order valence-corrected chi connectivity index (χ1v) is 9.63. The van der Waals surface area contributed by atoms with Gasteiger partial charge in [0.15, 0.2) is 11.5 Å². The number of likely N-dealkylation sites (tertiary alicyclic amines) is 1. The Morgan fingerprint density at radius 1 is 1.19 bits per heavy atom. The summed E-state index contributed by atoms with van der Waals surface area (Å²) in [5.74, 6) is -0.323. The van der Waals surface area contributed by atoms with Crippen molar-refractivity contribution < 1.29 is 22.4 Å². The molecule has 1 saturated heterocycles. The largest absolute Gasteiger partial charge is 0.416 e. The number of rotatable bonds is 5. The average molecular weight is 446 g/mol. The quantitative estimate of drug-likeness (QED) is 0.444. The zero-order chi connectivity index (χ0) is 22.9. The Kier molecular flexibility index (Phi) is 5.49. The van der Waals surface area contributed by atoms with Crippen LogP contribution in [-0.4, -0.2) is 54.3 Å². The third-order valence-corrected chi connectivity index (χ3v) is 4.92. The normalized spacial score (nSPS) is 15.7. The number of carbonyl (C=O) groups excluding carboxylic acids is 1. The van der Waals surface area contributed by atoms with Crippen LogP contribution in [0.3, 0.4) is 0 Å². The molecule has 1 fully saturated rings. The lowest BCUT2D eigenvalue weighted by molar-refractivity contribution is -0.140. The third-order valence-electron chi connectivity index (χ3n) is 4.92. The summed E-state index contributed by atoms with van der Waals surface area (Å²) in [6, 6.07) is 3.56. The predicted molar refractivity (Wildman–Crippen MR) is 107 cm³/mol. The van der Waals surface area contributed by atoms with E-state index in [4.69, 9.17) is 0 Å². The van der Waals surface area contributed by atoms with Gasteiger partial charge in [-0.25, -0.2) is 14.1 Å². The molecule has 7 nitrogen and oxygen atoms in total. The fourth-order valence-electron chi connectivity index (χ4n) is 3.45. The molecule has 11 heteroatoms. The molecule has 0 spiro atoms. The van der Waals surface area contributed by atoms with Crippen LogP contribution in [0.4, 0.5) is 17.6 Å². The lowest BCUT2D eigenvalue weighted by Gasteiger charge is -2.43. The number of amides is 1. The lowest BCUT2D eigenvalue weighted by atomic mass is 9.91. The van der Waals surface area contributed by atoms with Crippen molar-refractivity contribution in [2.75, 3.05) is 13.1 Å². The van der Waals surface area contributed by atoms with E-state index in [9.17, 15) is 22.4 Å². The Balaban J connectivity index is 1.39. The molecule has 1 aliphatic rings. The van der Waals surface area contributed by atoms with Crippen molar-refractivity contribution in [3.05, 3.63) is 66.0 Å². The molecule has 0 atom stereocenters. The molecule has 166 valence electrons. The third kappa shape index (κ3) is 4.82. The molecule has 1 aliphatic heterocycles. The van der Waals surface area contributed by atoms with Crippen molar-refractivity contribution >= 4 is 12.1 Å². The first-order chi connectivity index (χ1) is 15.1. The van der Waals surface area contributed by atoms with Gasteiger partial charge >= 0.3 is 6.18 Å². The van der Waals surface area contributed by atoms with Crippen LogP contribution in [0.5, 0.6) is 0 Å². The minimum absolute atomic E-state index is 0.0666. The highest BCUT2D eigenvalue weighted by molar-refractivity contribution is 5.91. The minimum atomic E-state index is -4.48. The van der Waals surface area contributed by atoms with Crippen molar-refractivity contribution in [3.63, 3.8) is 0 Å². The van der Waals surface area contributed by atoms with Gasteiger partial charge in [-0.05, 0) is 30.7 Å². The Morgan fingerprint density at radius 3 is 2.66 bits per heavy atom. The van der Waals surface area contributed by atoms with Gasteiger partial charge in [-0.2, -0.15) is 13.2 Å². The van der Waals surface area contributed by atoms with Crippen LogP contribution in [0, 0.1) is 6.92 Å². The second-order valence-corrected chi connectivity index (χ2v) is 7.67. The van der Waals surface area contributed by atoms with Crippen molar-refractivity contribution in [1.29, 1.82) is 0 Å². The van der Waals surface area contributed by atoms with E-state index in [2.05, 4.69) is 20.1 Å². The van der Waals surface area contributed by atoms with Gasteiger partial charge in [-0.3, -0.25) is 14.8 Å². The molecule has 0 N–H and O–H groups in total. The molecule has 0 unspecified atom stereocenters. The Hall–Kier alpha value is -3.63.